The molecule has 0 aromatic carbocycles. The zero-order valence-corrected chi connectivity index (χ0v) is 12.9. The second-order valence-electron chi connectivity index (χ2n) is 6.27. The molecule has 1 aliphatic heterocycles. The van der Waals surface area contributed by atoms with E-state index in [-0.39, 0.29) is 0 Å². The van der Waals surface area contributed by atoms with E-state index in [0.717, 1.165) is 57.2 Å². The Morgan fingerprint density at radius 1 is 1.16 bits per heavy atom. The van der Waals surface area contributed by atoms with Gasteiger partial charge in [0.25, 0.3) is 0 Å². The lowest BCUT2D eigenvalue weighted by Crippen LogP contribution is -2.31. The zero-order chi connectivity index (χ0) is 14.1. The van der Waals surface area contributed by atoms with E-state index in [1.807, 2.05) is 0 Å². The van der Waals surface area contributed by atoms with Gasteiger partial charge in [-0.1, -0.05) is 26.7 Å². The van der Waals surface area contributed by atoms with E-state index >= 15 is 0 Å². The second-order valence-corrected chi connectivity index (χ2v) is 6.27. The maximum atomic E-state index is 12.2. The molecule has 3 nitrogen and oxygen atoms in total. The highest BCUT2D eigenvalue weighted by atomic mass is 16.2. The summed E-state index contributed by atoms with van der Waals surface area (Å²) >= 11 is 0. The van der Waals surface area contributed by atoms with E-state index in [9.17, 15) is 4.79 Å². The van der Waals surface area contributed by atoms with Gasteiger partial charge in [0.1, 0.15) is 0 Å². The average Bonchev–Trinajstić information content (AvgIpc) is 2.64. The zero-order valence-electron chi connectivity index (χ0n) is 12.9. The van der Waals surface area contributed by atoms with Crippen molar-refractivity contribution in [2.24, 2.45) is 17.6 Å². The van der Waals surface area contributed by atoms with Crippen LogP contribution in [0.15, 0.2) is 0 Å². The molecule has 1 amide bonds. The summed E-state index contributed by atoms with van der Waals surface area (Å²) in [6, 6.07) is 0. The molecule has 0 aromatic heterocycles. The molecule has 1 atom stereocenters. The van der Waals surface area contributed by atoms with Crippen LogP contribution < -0.4 is 5.73 Å². The molecule has 112 valence electrons. The third kappa shape index (κ3) is 6.42. The first-order valence-electron chi connectivity index (χ1n) is 8.13. The molecule has 1 rings (SSSR count). The number of nitrogens with two attached hydrogens (primary N) is 1. The Morgan fingerprint density at radius 3 is 2.58 bits per heavy atom. The number of unbranched alkanes of at least 4 members (excludes halogenated alkanes) is 3. The first kappa shape index (κ1) is 16.5. The van der Waals surface area contributed by atoms with E-state index < -0.39 is 0 Å². The van der Waals surface area contributed by atoms with E-state index in [1.54, 1.807) is 0 Å². The number of rotatable bonds is 7. The molecular formula is C16H32N2O. The van der Waals surface area contributed by atoms with Crippen LogP contribution in [0.25, 0.3) is 0 Å². The van der Waals surface area contributed by atoms with Crippen molar-refractivity contribution in [3.05, 3.63) is 0 Å². The summed E-state index contributed by atoms with van der Waals surface area (Å²) < 4.78 is 0. The fraction of sp³-hybridized carbons (Fsp3) is 0.938. The number of amides is 1. The lowest BCUT2D eigenvalue weighted by atomic mass is 9.89. The fourth-order valence-electron chi connectivity index (χ4n) is 2.97. The number of carbonyl (C=O) groups is 1. The van der Waals surface area contributed by atoms with Crippen molar-refractivity contribution in [1.29, 1.82) is 0 Å². The third-order valence-corrected chi connectivity index (χ3v) is 4.41. The maximum absolute atomic E-state index is 12.2. The van der Waals surface area contributed by atoms with Crippen LogP contribution in [0.5, 0.6) is 0 Å². The Balaban J connectivity index is 2.21. The molecule has 0 saturated carbocycles. The summed E-state index contributed by atoms with van der Waals surface area (Å²) in [5.74, 6) is 1.94. The highest BCUT2D eigenvalue weighted by molar-refractivity contribution is 5.76. The lowest BCUT2D eigenvalue weighted by Gasteiger charge is -2.21. The van der Waals surface area contributed by atoms with E-state index in [2.05, 4.69) is 18.7 Å². The van der Waals surface area contributed by atoms with Crippen LogP contribution >= 0.6 is 0 Å². The molecule has 0 aromatic rings. The molecular weight excluding hydrogens is 236 g/mol. The monoisotopic (exact) mass is 268 g/mol. The van der Waals surface area contributed by atoms with Gasteiger partial charge >= 0.3 is 0 Å². The minimum absolute atomic E-state index is 0.372. The number of nitrogens with zero attached hydrogens (tertiary/aromatic N) is 1. The Bertz CT molecular complexity index is 253. The fourth-order valence-corrected chi connectivity index (χ4v) is 2.97. The number of likely N-dealkylation sites (tertiary alicyclic amines) is 1. The van der Waals surface area contributed by atoms with E-state index in [1.165, 1.54) is 25.7 Å². The number of hydrogen-bond acceptors (Lipinski definition) is 2. The van der Waals surface area contributed by atoms with Gasteiger partial charge < -0.3 is 10.6 Å². The lowest BCUT2D eigenvalue weighted by molar-refractivity contribution is -0.131. The van der Waals surface area contributed by atoms with Gasteiger partial charge in [0.05, 0.1) is 0 Å². The summed E-state index contributed by atoms with van der Waals surface area (Å²) in [5, 5.41) is 0. The third-order valence-electron chi connectivity index (χ3n) is 4.41. The second kappa shape index (κ2) is 9.35. The smallest absolute Gasteiger partial charge is 0.222 e. The summed E-state index contributed by atoms with van der Waals surface area (Å²) in [4.78, 5) is 14.3. The van der Waals surface area contributed by atoms with Gasteiger partial charge in [-0.25, -0.2) is 0 Å². The Kier molecular flexibility index (Phi) is 8.11. The van der Waals surface area contributed by atoms with Crippen LogP contribution in [0, 0.1) is 11.8 Å². The summed E-state index contributed by atoms with van der Waals surface area (Å²) in [5.41, 5.74) is 5.47. The molecule has 1 saturated heterocycles. The predicted octanol–water partition coefficient (Wildman–Crippen LogP) is 3.18. The van der Waals surface area contributed by atoms with E-state index in [4.69, 9.17) is 5.73 Å². The topological polar surface area (TPSA) is 46.3 Å². The molecule has 1 heterocycles. The van der Waals surface area contributed by atoms with Crippen molar-refractivity contribution >= 4 is 5.91 Å². The highest BCUT2D eigenvalue weighted by Gasteiger charge is 2.21. The van der Waals surface area contributed by atoms with Crippen LogP contribution in [0.1, 0.15) is 65.2 Å². The molecule has 0 spiro atoms. The highest BCUT2D eigenvalue weighted by Crippen LogP contribution is 2.24. The molecule has 0 aliphatic carbocycles. The standard InChI is InChI=1S/C16H32N2O/c1-14(2)15-8-7-12-18(13-10-15)16(19)9-5-3-4-6-11-17/h14-15H,3-13,17H2,1-2H3. The van der Waals surface area contributed by atoms with Crippen LogP contribution in [0.4, 0.5) is 0 Å². The molecule has 2 N–H and O–H groups in total. The normalized spacial score (nSPS) is 20.6. The van der Waals surface area contributed by atoms with Crippen LogP contribution in [0.2, 0.25) is 0 Å². The first-order valence-corrected chi connectivity index (χ1v) is 8.13. The molecule has 0 bridgehead atoms. The van der Waals surface area contributed by atoms with Gasteiger partial charge in [0.2, 0.25) is 5.91 Å². The quantitative estimate of drug-likeness (QED) is 0.721. The van der Waals surface area contributed by atoms with Crippen molar-refractivity contribution in [2.45, 2.75) is 65.2 Å². The summed E-state index contributed by atoms with van der Waals surface area (Å²) in [7, 11) is 0. The molecule has 0 radical (unpaired) electrons. The Hall–Kier alpha value is -0.570. The SMILES string of the molecule is CC(C)C1CCCN(C(=O)CCCCCCN)CC1. The minimum atomic E-state index is 0.372. The van der Waals surface area contributed by atoms with Crippen molar-refractivity contribution < 1.29 is 4.79 Å². The van der Waals surface area contributed by atoms with Gasteiger partial charge in [-0.3, -0.25) is 4.79 Å². The van der Waals surface area contributed by atoms with Gasteiger partial charge in [-0.05, 0) is 50.5 Å². The Morgan fingerprint density at radius 2 is 1.89 bits per heavy atom. The predicted molar refractivity (Wildman–Crippen MR) is 80.9 cm³/mol. The summed E-state index contributed by atoms with van der Waals surface area (Å²) in [6.45, 7) is 7.34. The molecule has 1 aliphatic rings. The number of hydrogen-bond donors (Lipinski definition) is 1. The van der Waals surface area contributed by atoms with E-state index in [0.29, 0.717) is 5.91 Å². The number of carbonyl (C=O) groups excluding carboxylic acids is 1. The minimum Gasteiger partial charge on any atom is -0.343 e. The van der Waals surface area contributed by atoms with Crippen LogP contribution in [-0.2, 0) is 4.79 Å². The van der Waals surface area contributed by atoms with Crippen molar-refractivity contribution in [3.8, 4) is 0 Å². The average molecular weight is 268 g/mol. The maximum Gasteiger partial charge on any atom is 0.222 e. The van der Waals surface area contributed by atoms with Crippen molar-refractivity contribution in [3.63, 3.8) is 0 Å². The first-order chi connectivity index (χ1) is 9.15. The van der Waals surface area contributed by atoms with Gasteiger partial charge in [-0.2, -0.15) is 0 Å². The van der Waals surface area contributed by atoms with Crippen molar-refractivity contribution in [2.75, 3.05) is 19.6 Å². The van der Waals surface area contributed by atoms with Crippen molar-refractivity contribution in [1.82, 2.24) is 4.90 Å². The molecule has 3 heteroatoms. The molecule has 19 heavy (non-hydrogen) atoms. The molecule has 1 fully saturated rings. The molecule has 1 unspecified atom stereocenters. The summed E-state index contributed by atoms with van der Waals surface area (Å²) in [6.07, 6.45) is 8.83. The Labute approximate surface area is 118 Å². The van der Waals surface area contributed by atoms with Gasteiger partial charge in [0.15, 0.2) is 0 Å². The van der Waals surface area contributed by atoms with Gasteiger partial charge in [0, 0.05) is 19.5 Å². The van der Waals surface area contributed by atoms with Crippen LogP contribution in [-0.4, -0.2) is 30.4 Å². The van der Waals surface area contributed by atoms with Crippen LogP contribution in [0.3, 0.4) is 0 Å². The van der Waals surface area contributed by atoms with Gasteiger partial charge in [-0.15, -0.1) is 0 Å². The largest absolute Gasteiger partial charge is 0.343 e.